The number of allylic oxidation sites excluding steroid dienone is 1. The molecule has 0 aliphatic carbocycles. The molecule has 3 rings (SSSR count). The number of halogens is 4. The maximum Gasteiger partial charge on any atom is 0.416 e. The van der Waals surface area contributed by atoms with Crippen LogP contribution in [0, 0.1) is 6.92 Å². The van der Waals surface area contributed by atoms with Crippen LogP contribution in [-0.4, -0.2) is 33.0 Å². The van der Waals surface area contributed by atoms with Crippen molar-refractivity contribution in [3.05, 3.63) is 76.0 Å². The van der Waals surface area contributed by atoms with Gasteiger partial charge in [-0.2, -0.15) is 13.2 Å². The van der Waals surface area contributed by atoms with Crippen LogP contribution in [0.15, 0.2) is 58.7 Å². The Kier molecular flexibility index (Phi) is 10.4. The summed E-state index contributed by atoms with van der Waals surface area (Å²) in [6.07, 6.45) is -1.44. The molecule has 1 heterocycles. The number of hydrogen-bond donors (Lipinski definition) is 1. The fourth-order valence-electron chi connectivity index (χ4n) is 3.70. The third-order valence-corrected chi connectivity index (χ3v) is 7.28. The third-order valence-electron chi connectivity index (χ3n) is 5.63. The molecule has 0 atom stereocenters. The van der Waals surface area contributed by atoms with Gasteiger partial charge in [0.2, 0.25) is 5.91 Å². The van der Waals surface area contributed by atoms with Crippen LogP contribution in [0.25, 0.3) is 0 Å². The van der Waals surface area contributed by atoms with Crippen molar-refractivity contribution in [2.45, 2.75) is 57.4 Å². The van der Waals surface area contributed by atoms with Crippen molar-refractivity contribution in [2.75, 3.05) is 17.7 Å². The van der Waals surface area contributed by atoms with Gasteiger partial charge in [-0.15, -0.1) is 16.8 Å². The Morgan fingerprint density at radius 1 is 1.26 bits per heavy atom. The van der Waals surface area contributed by atoms with E-state index in [1.54, 1.807) is 6.08 Å². The molecule has 204 valence electrons. The van der Waals surface area contributed by atoms with Crippen LogP contribution in [-0.2, 0) is 23.9 Å². The van der Waals surface area contributed by atoms with Gasteiger partial charge in [-0.25, -0.2) is 0 Å². The van der Waals surface area contributed by atoms with Gasteiger partial charge in [-0.05, 0) is 60.7 Å². The van der Waals surface area contributed by atoms with E-state index >= 15 is 0 Å². The average molecular weight is 612 g/mol. The van der Waals surface area contributed by atoms with E-state index in [9.17, 15) is 18.0 Å². The molecule has 0 saturated heterocycles. The fraction of sp³-hybridized carbons (Fsp3) is 0.370. The van der Waals surface area contributed by atoms with Crippen LogP contribution in [0.2, 0.25) is 0 Å². The minimum absolute atomic E-state index is 0.0321. The molecule has 0 aliphatic heterocycles. The number of carbonyl (C=O) groups is 1. The first-order valence-corrected chi connectivity index (χ1v) is 13.8. The van der Waals surface area contributed by atoms with Crippen molar-refractivity contribution in [3.8, 4) is 5.75 Å². The van der Waals surface area contributed by atoms with E-state index in [-0.39, 0.29) is 11.4 Å². The van der Waals surface area contributed by atoms with Gasteiger partial charge < -0.3 is 14.6 Å². The highest BCUT2D eigenvalue weighted by Gasteiger charge is 2.30. The predicted molar refractivity (Wildman–Crippen MR) is 148 cm³/mol. The zero-order valence-corrected chi connectivity index (χ0v) is 23.8. The van der Waals surface area contributed by atoms with Crippen molar-refractivity contribution >= 4 is 39.3 Å². The van der Waals surface area contributed by atoms with E-state index < -0.39 is 17.6 Å². The molecule has 0 aliphatic rings. The van der Waals surface area contributed by atoms with Crippen LogP contribution in [0.1, 0.15) is 48.7 Å². The first-order chi connectivity index (χ1) is 18.0. The SMILES string of the molecule is C=CCn1c(CCCOc2cc(C(C)C)c(Br)cc2C)nnc1SCC(=O)Nc1cccc(C(F)(F)F)c1. The van der Waals surface area contributed by atoms with Crippen molar-refractivity contribution in [1.82, 2.24) is 14.8 Å². The Morgan fingerprint density at radius 3 is 2.71 bits per heavy atom. The highest BCUT2D eigenvalue weighted by atomic mass is 79.9. The molecule has 0 fully saturated rings. The molecule has 11 heteroatoms. The summed E-state index contributed by atoms with van der Waals surface area (Å²) in [5, 5.41) is 11.5. The summed E-state index contributed by atoms with van der Waals surface area (Å²) in [6, 6.07) is 8.67. The van der Waals surface area contributed by atoms with Gasteiger partial charge in [0, 0.05) is 23.1 Å². The second-order valence-electron chi connectivity index (χ2n) is 8.96. The minimum atomic E-state index is -4.48. The highest BCUT2D eigenvalue weighted by Crippen LogP contribution is 2.32. The van der Waals surface area contributed by atoms with Gasteiger partial charge in [-0.1, -0.05) is 53.7 Å². The van der Waals surface area contributed by atoms with Gasteiger partial charge in [0.05, 0.1) is 17.9 Å². The molecule has 0 unspecified atom stereocenters. The first kappa shape index (κ1) is 29.8. The lowest BCUT2D eigenvalue weighted by molar-refractivity contribution is -0.137. The lowest BCUT2D eigenvalue weighted by Gasteiger charge is -2.15. The van der Waals surface area contributed by atoms with Crippen LogP contribution in [0.5, 0.6) is 5.75 Å². The lowest BCUT2D eigenvalue weighted by atomic mass is 10.0. The molecule has 1 amide bonds. The summed E-state index contributed by atoms with van der Waals surface area (Å²) in [4.78, 5) is 12.4. The third kappa shape index (κ3) is 8.10. The van der Waals surface area contributed by atoms with Gasteiger partial charge in [0.1, 0.15) is 11.6 Å². The van der Waals surface area contributed by atoms with Crippen molar-refractivity contribution in [2.24, 2.45) is 0 Å². The van der Waals surface area contributed by atoms with E-state index in [1.807, 2.05) is 11.5 Å². The van der Waals surface area contributed by atoms with Gasteiger partial charge in [-0.3, -0.25) is 4.79 Å². The standard InChI is InChI=1S/C27H30BrF3N4O2S/c1-5-11-35-24(10-7-12-37-23-15-21(17(2)3)22(28)13-18(23)4)33-34-26(35)38-16-25(36)32-20-9-6-8-19(14-20)27(29,30)31/h5-6,8-9,13-15,17H,1,7,10-12,16H2,2-4H3,(H,32,36). The normalized spacial score (nSPS) is 11.6. The van der Waals surface area contributed by atoms with Crippen LogP contribution >= 0.6 is 27.7 Å². The molecule has 0 saturated carbocycles. The lowest BCUT2D eigenvalue weighted by Crippen LogP contribution is -2.15. The number of ether oxygens (including phenoxy) is 1. The Morgan fingerprint density at radius 2 is 2.03 bits per heavy atom. The van der Waals surface area contributed by atoms with E-state index in [0.717, 1.165) is 45.5 Å². The Bertz CT molecular complexity index is 1280. The summed E-state index contributed by atoms with van der Waals surface area (Å²) in [7, 11) is 0. The molecule has 1 N–H and O–H groups in total. The number of carbonyl (C=O) groups excluding carboxylic acids is 1. The molecule has 38 heavy (non-hydrogen) atoms. The zero-order chi connectivity index (χ0) is 27.9. The summed E-state index contributed by atoms with van der Waals surface area (Å²) in [5.41, 5.74) is 1.51. The van der Waals surface area contributed by atoms with Crippen molar-refractivity contribution in [1.29, 1.82) is 0 Å². The van der Waals surface area contributed by atoms with Crippen molar-refractivity contribution in [3.63, 3.8) is 0 Å². The Balaban J connectivity index is 1.56. The molecule has 1 aromatic heterocycles. The summed E-state index contributed by atoms with van der Waals surface area (Å²) in [6.45, 7) is 11.0. The number of anilines is 1. The quantitative estimate of drug-likeness (QED) is 0.131. The predicted octanol–water partition coefficient (Wildman–Crippen LogP) is 7.42. The number of alkyl halides is 3. The maximum atomic E-state index is 12.9. The molecular weight excluding hydrogens is 581 g/mol. The molecule has 0 bridgehead atoms. The van der Waals surface area contributed by atoms with Gasteiger partial charge >= 0.3 is 6.18 Å². The number of benzene rings is 2. The van der Waals surface area contributed by atoms with Crippen molar-refractivity contribution < 1.29 is 22.7 Å². The molecular formula is C27H30BrF3N4O2S. The van der Waals surface area contributed by atoms with Crippen LogP contribution in [0.3, 0.4) is 0 Å². The Hall–Kier alpha value is -2.79. The molecule has 2 aromatic carbocycles. The van der Waals surface area contributed by atoms with Gasteiger partial charge in [0.25, 0.3) is 0 Å². The number of rotatable bonds is 12. The average Bonchev–Trinajstić information content (AvgIpc) is 3.22. The highest BCUT2D eigenvalue weighted by molar-refractivity contribution is 9.10. The summed E-state index contributed by atoms with van der Waals surface area (Å²) < 4.78 is 47.7. The molecule has 3 aromatic rings. The Labute approximate surface area is 233 Å². The molecule has 0 radical (unpaired) electrons. The monoisotopic (exact) mass is 610 g/mol. The second kappa shape index (κ2) is 13.3. The summed E-state index contributed by atoms with van der Waals surface area (Å²) >= 11 is 4.78. The minimum Gasteiger partial charge on any atom is -0.493 e. The number of hydrogen-bond acceptors (Lipinski definition) is 5. The molecule has 0 spiro atoms. The van der Waals surface area contributed by atoms with Crippen LogP contribution < -0.4 is 10.1 Å². The van der Waals surface area contributed by atoms with E-state index in [0.29, 0.717) is 37.1 Å². The maximum absolute atomic E-state index is 12.9. The second-order valence-corrected chi connectivity index (χ2v) is 10.8. The van der Waals surface area contributed by atoms with Crippen LogP contribution in [0.4, 0.5) is 18.9 Å². The van der Waals surface area contributed by atoms with E-state index in [1.165, 1.54) is 17.7 Å². The smallest absolute Gasteiger partial charge is 0.416 e. The van der Waals surface area contributed by atoms with E-state index in [2.05, 4.69) is 64.0 Å². The molecule has 6 nitrogen and oxygen atoms in total. The summed E-state index contributed by atoms with van der Waals surface area (Å²) in [5.74, 6) is 1.49. The topological polar surface area (TPSA) is 69.0 Å². The number of nitrogens with zero attached hydrogens (tertiary/aromatic N) is 3. The zero-order valence-electron chi connectivity index (χ0n) is 21.4. The van der Waals surface area contributed by atoms with Gasteiger partial charge in [0.15, 0.2) is 5.16 Å². The fourth-order valence-corrected chi connectivity index (χ4v) is 5.38. The number of aromatic nitrogens is 3. The first-order valence-electron chi connectivity index (χ1n) is 12.0. The largest absolute Gasteiger partial charge is 0.493 e. The number of aryl methyl sites for hydroxylation is 2. The number of amides is 1. The number of nitrogens with one attached hydrogen (secondary N) is 1. The van der Waals surface area contributed by atoms with E-state index in [4.69, 9.17) is 4.74 Å². The number of thioether (sulfide) groups is 1.